The van der Waals surface area contributed by atoms with Crippen LogP contribution in [0.2, 0.25) is 0 Å². The Morgan fingerprint density at radius 2 is 2.06 bits per heavy atom. The van der Waals surface area contributed by atoms with Crippen LogP contribution in [-0.2, 0) is 13.0 Å². The number of ether oxygens (including phenoxy) is 1. The lowest BCUT2D eigenvalue weighted by molar-refractivity contribution is 0.308. The SMILES string of the molecule is Cc1cnc(-c2cc3c(n4cnnc24)NCc2c(F)ccc(c2C)OCCC3)c(C)n1. The second-order valence-corrected chi connectivity index (χ2v) is 7.86. The summed E-state index contributed by atoms with van der Waals surface area (Å²) in [5.74, 6) is 1.33. The van der Waals surface area contributed by atoms with Gasteiger partial charge in [-0.3, -0.25) is 14.4 Å². The zero-order chi connectivity index (χ0) is 21.5. The number of hydrogen-bond acceptors (Lipinski definition) is 6. The molecule has 0 amide bonds. The monoisotopic (exact) mass is 418 g/mol. The summed E-state index contributed by atoms with van der Waals surface area (Å²) in [6, 6.07) is 5.26. The summed E-state index contributed by atoms with van der Waals surface area (Å²) in [6.07, 6.45) is 5.03. The highest BCUT2D eigenvalue weighted by Crippen LogP contribution is 2.32. The lowest BCUT2D eigenvalue weighted by Crippen LogP contribution is -2.10. The molecule has 8 heteroatoms. The predicted octanol–water partition coefficient (Wildman–Crippen LogP) is 4.19. The highest BCUT2D eigenvalue weighted by Gasteiger charge is 2.20. The van der Waals surface area contributed by atoms with Crippen LogP contribution in [0, 0.1) is 26.6 Å². The minimum atomic E-state index is -0.250. The molecule has 4 aromatic rings. The maximum atomic E-state index is 14.6. The van der Waals surface area contributed by atoms with E-state index in [1.54, 1.807) is 18.6 Å². The van der Waals surface area contributed by atoms with Gasteiger partial charge < -0.3 is 10.1 Å². The molecule has 0 saturated carbocycles. The van der Waals surface area contributed by atoms with Crippen molar-refractivity contribution in [3.63, 3.8) is 0 Å². The van der Waals surface area contributed by atoms with E-state index in [0.29, 0.717) is 24.4 Å². The molecule has 0 spiro atoms. The Morgan fingerprint density at radius 1 is 1.19 bits per heavy atom. The van der Waals surface area contributed by atoms with Crippen molar-refractivity contribution in [2.24, 2.45) is 0 Å². The third kappa shape index (κ3) is 3.37. The molecule has 5 rings (SSSR count). The molecule has 31 heavy (non-hydrogen) atoms. The normalized spacial score (nSPS) is 13.8. The number of aromatic nitrogens is 5. The van der Waals surface area contributed by atoms with Crippen molar-refractivity contribution < 1.29 is 9.13 Å². The van der Waals surface area contributed by atoms with Gasteiger partial charge >= 0.3 is 0 Å². The average Bonchev–Trinajstić information content (AvgIpc) is 3.22. The van der Waals surface area contributed by atoms with Crippen LogP contribution >= 0.6 is 0 Å². The minimum absolute atomic E-state index is 0.250. The Labute approximate surface area is 179 Å². The first-order valence-corrected chi connectivity index (χ1v) is 10.3. The smallest absolute Gasteiger partial charge is 0.171 e. The first kappa shape index (κ1) is 19.4. The summed E-state index contributed by atoms with van der Waals surface area (Å²) >= 11 is 0. The highest BCUT2D eigenvalue weighted by molar-refractivity contribution is 5.79. The van der Waals surface area contributed by atoms with Crippen molar-refractivity contribution in [3.8, 4) is 17.0 Å². The number of halogens is 1. The fourth-order valence-corrected chi connectivity index (χ4v) is 4.16. The summed E-state index contributed by atoms with van der Waals surface area (Å²) in [7, 11) is 0. The molecule has 0 unspecified atom stereocenters. The minimum Gasteiger partial charge on any atom is -0.493 e. The van der Waals surface area contributed by atoms with Crippen LogP contribution in [0.25, 0.3) is 16.9 Å². The van der Waals surface area contributed by atoms with Gasteiger partial charge in [-0.05, 0) is 62.9 Å². The number of anilines is 1. The molecule has 7 nitrogen and oxygen atoms in total. The van der Waals surface area contributed by atoms with E-state index in [4.69, 9.17) is 4.74 Å². The van der Waals surface area contributed by atoms with E-state index in [9.17, 15) is 4.39 Å². The Balaban J connectivity index is 1.66. The van der Waals surface area contributed by atoms with Crippen molar-refractivity contribution >= 4 is 11.5 Å². The van der Waals surface area contributed by atoms with Gasteiger partial charge in [-0.2, -0.15) is 0 Å². The van der Waals surface area contributed by atoms with Gasteiger partial charge in [0.25, 0.3) is 0 Å². The van der Waals surface area contributed by atoms with Crippen LogP contribution < -0.4 is 10.1 Å². The summed E-state index contributed by atoms with van der Waals surface area (Å²) < 4.78 is 22.4. The zero-order valence-corrected chi connectivity index (χ0v) is 17.7. The first-order chi connectivity index (χ1) is 15.0. The molecule has 4 heterocycles. The average molecular weight is 418 g/mol. The molecule has 3 aromatic heterocycles. The molecule has 0 atom stereocenters. The molecule has 0 radical (unpaired) electrons. The van der Waals surface area contributed by atoms with Crippen molar-refractivity contribution in [1.82, 2.24) is 24.6 Å². The van der Waals surface area contributed by atoms with E-state index >= 15 is 0 Å². The molecule has 1 N–H and O–H groups in total. The van der Waals surface area contributed by atoms with Crippen LogP contribution in [0.1, 0.15) is 34.5 Å². The van der Waals surface area contributed by atoms with Gasteiger partial charge in [-0.1, -0.05) is 0 Å². The molecule has 1 aromatic carbocycles. The van der Waals surface area contributed by atoms with Gasteiger partial charge in [-0.25, -0.2) is 4.39 Å². The van der Waals surface area contributed by atoms with E-state index in [2.05, 4.69) is 31.5 Å². The van der Waals surface area contributed by atoms with Gasteiger partial charge in [0.1, 0.15) is 23.7 Å². The number of nitrogens with zero attached hydrogens (tertiary/aromatic N) is 5. The molecule has 2 bridgehead atoms. The van der Waals surface area contributed by atoms with Crippen molar-refractivity contribution in [1.29, 1.82) is 0 Å². The molecular formula is C23H23FN6O. The second-order valence-electron chi connectivity index (χ2n) is 7.86. The molecular weight excluding hydrogens is 395 g/mol. The largest absolute Gasteiger partial charge is 0.493 e. The molecule has 1 aliphatic heterocycles. The highest BCUT2D eigenvalue weighted by atomic mass is 19.1. The number of hydrogen-bond donors (Lipinski definition) is 1. The number of fused-ring (bicyclic) bond motifs is 5. The van der Waals surface area contributed by atoms with Gasteiger partial charge in [0.15, 0.2) is 5.65 Å². The molecule has 1 aliphatic rings. The lowest BCUT2D eigenvalue weighted by Gasteiger charge is -2.17. The van der Waals surface area contributed by atoms with Crippen molar-refractivity contribution in [2.45, 2.75) is 40.2 Å². The zero-order valence-electron chi connectivity index (χ0n) is 17.7. The van der Waals surface area contributed by atoms with Crippen LogP contribution in [-0.4, -0.2) is 31.2 Å². The van der Waals surface area contributed by atoms with E-state index < -0.39 is 0 Å². The Morgan fingerprint density at radius 3 is 2.90 bits per heavy atom. The van der Waals surface area contributed by atoms with Gasteiger partial charge in [0.2, 0.25) is 0 Å². The van der Waals surface area contributed by atoms with Crippen LogP contribution in [0.5, 0.6) is 5.75 Å². The Bertz CT molecular complexity index is 1300. The number of benzene rings is 1. The predicted molar refractivity (Wildman–Crippen MR) is 116 cm³/mol. The first-order valence-electron chi connectivity index (χ1n) is 10.3. The maximum absolute atomic E-state index is 14.6. The van der Waals surface area contributed by atoms with E-state index in [0.717, 1.165) is 58.2 Å². The van der Waals surface area contributed by atoms with Gasteiger partial charge in [0.05, 0.1) is 23.7 Å². The summed E-state index contributed by atoms with van der Waals surface area (Å²) in [5, 5.41) is 11.9. The van der Waals surface area contributed by atoms with Crippen molar-refractivity contribution in [2.75, 3.05) is 11.9 Å². The maximum Gasteiger partial charge on any atom is 0.171 e. The van der Waals surface area contributed by atoms with E-state index in [1.165, 1.54) is 6.07 Å². The summed E-state index contributed by atoms with van der Waals surface area (Å²) in [6.45, 7) is 6.64. The Hall–Kier alpha value is -3.55. The number of pyridine rings is 1. The van der Waals surface area contributed by atoms with E-state index in [-0.39, 0.29) is 5.82 Å². The number of rotatable bonds is 1. The van der Waals surface area contributed by atoms with Crippen LogP contribution in [0.3, 0.4) is 0 Å². The molecule has 0 saturated heterocycles. The summed E-state index contributed by atoms with van der Waals surface area (Å²) in [4.78, 5) is 9.18. The second kappa shape index (κ2) is 7.61. The topological polar surface area (TPSA) is 77.2 Å². The third-order valence-electron chi connectivity index (χ3n) is 5.75. The number of nitrogens with one attached hydrogen (secondary N) is 1. The standard InChI is InChI=1S/C23H23FN6O/c1-13-10-25-21(15(3)28-13)17-9-16-5-4-8-31-20-7-6-19(24)18(14(20)2)11-26-22(16)30-12-27-29-23(17)30/h6-7,9-10,12,26H,4-5,8,11H2,1-3H3. The summed E-state index contributed by atoms with van der Waals surface area (Å²) in [5.41, 5.74) is 6.53. The van der Waals surface area contributed by atoms with Crippen LogP contribution in [0.4, 0.5) is 10.2 Å². The molecule has 158 valence electrons. The third-order valence-corrected chi connectivity index (χ3v) is 5.75. The fraction of sp³-hybridized carbons (Fsp3) is 0.304. The van der Waals surface area contributed by atoms with Crippen LogP contribution in [0.15, 0.2) is 30.7 Å². The quantitative estimate of drug-likeness (QED) is 0.500. The van der Waals surface area contributed by atoms with E-state index in [1.807, 2.05) is 25.2 Å². The number of aryl methyl sites for hydroxylation is 3. The lowest BCUT2D eigenvalue weighted by atomic mass is 10.0. The fourth-order valence-electron chi connectivity index (χ4n) is 4.16. The van der Waals surface area contributed by atoms with Crippen molar-refractivity contribution in [3.05, 3.63) is 64.6 Å². The van der Waals surface area contributed by atoms with Gasteiger partial charge in [0, 0.05) is 23.9 Å². The molecule has 0 aliphatic carbocycles. The van der Waals surface area contributed by atoms with Gasteiger partial charge in [-0.15, -0.1) is 10.2 Å². The Kier molecular flexibility index (Phi) is 4.77. The molecule has 0 fully saturated rings.